The number of rotatable bonds is 52. The fraction of sp³-hybridized carbons (Fsp3) is 0.714. The minimum absolute atomic E-state index is 0.0218. The Hall–Kier alpha value is -3.07. The number of carbonyl (C=O) groups is 2. The Kier molecular flexibility index (Phi) is 50.2. The number of carbonyl (C=O) groups excluding carboxylic acids is 2. The lowest BCUT2D eigenvalue weighted by Gasteiger charge is -2.27. The summed E-state index contributed by atoms with van der Waals surface area (Å²) in [5.74, 6) is -0.613. The first kappa shape index (κ1) is 69.9. The number of esters is 1. The van der Waals surface area contributed by atoms with Crippen LogP contribution in [-0.4, -0.2) is 74.3 Å². The summed E-state index contributed by atoms with van der Waals surface area (Å²) in [7, 11) is 1.44. The van der Waals surface area contributed by atoms with Gasteiger partial charge in [-0.3, -0.25) is 18.6 Å². The number of ether oxygens (including phenoxy) is 1. The van der Waals surface area contributed by atoms with Crippen LogP contribution in [0.5, 0.6) is 0 Å². The third-order valence-corrected chi connectivity index (χ3v) is 13.5. The monoisotopic (exact) mass is 1040 g/mol. The average molecular weight is 1040 g/mol. The Morgan fingerprint density at radius 3 is 1.34 bits per heavy atom. The van der Waals surface area contributed by atoms with Gasteiger partial charge in [0.2, 0.25) is 5.91 Å². The molecule has 0 saturated carbocycles. The zero-order valence-corrected chi connectivity index (χ0v) is 48.7. The molecule has 0 spiro atoms. The van der Waals surface area contributed by atoms with Crippen molar-refractivity contribution in [3.63, 3.8) is 0 Å². The Morgan fingerprint density at radius 2 is 0.890 bits per heavy atom. The smallest absolute Gasteiger partial charge is 0.456 e. The van der Waals surface area contributed by atoms with Crippen molar-refractivity contribution in [2.45, 2.75) is 251 Å². The number of amides is 1. The number of nitrogens with one attached hydrogen (secondary N) is 1. The number of likely N-dealkylation sites (N-methyl/N-ethyl adjacent to an activating group) is 1. The van der Waals surface area contributed by atoms with Gasteiger partial charge >= 0.3 is 13.8 Å². The maximum atomic E-state index is 13.5. The zero-order chi connectivity index (χ0) is 53.6. The van der Waals surface area contributed by atoms with Gasteiger partial charge < -0.3 is 19.4 Å². The molecule has 0 aliphatic rings. The molecule has 2 N–H and O–H groups in total. The number of hydrogen-bond acceptors (Lipinski definition) is 6. The van der Waals surface area contributed by atoms with E-state index in [9.17, 15) is 19.0 Å². The third-order valence-electron chi connectivity index (χ3n) is 12.5. The molecule has 0 saturated heterocycles. The topological polar surface area (TPSA) is 111 Å². The maximum Gasteiger partial charge on any atom is 0.472 e. The lowest BCUT2D eigenvalue weighted by molar-refractivity contribution is -0.870. The standard InChI is InChI=1S/C63H111N2O7P/c1-7-10-13-16-19-22-25-27-29-31-32-34-35-37-40-43-46-49-52-55-62(66)64-60(59-71-73(68,69)70-58-57-65(4,5)6)61(54-51-48-45-42-39-24-21-18-15-12-9-3)72-63(67)56-53-50-47-44-41-38-36-33-30-28-26-23-20-17-14-11-8-2/h10,13,19,22,27-30,32,34,37,40,46,49,51,54,60-61H,7-9,11-12,14-18,20-21,23-26,31,33,35-36,38-39,41-45,47-48,50,52-53,55-59H2,1-6H3,(H-,64,66,68,69)/p+1/b13-10-,22-19-,29-27-,30-28+,34-32-,40-37-,49-46-,54-51+. The molecule has 0 aromatic heterocycles. The molecule has 0 fully saturated rings. The minimum atomic E-state index is -4.47. The third kappa shape index (κ3) is 53.6. The maximum absolute atomic E-state index is 13.5. The van der Waals surface area contributed by atoms with Crippen molar-refractivity contribution >= 4 is 19.7 Å². The van der Waals surface area contributed by atoms with Gasteiger partial charge in [-0.05, 0) is 96.0 Å². The van der Waals surface area contributed by atoms with Crippen LogP contribution < -0.4 is 5.32 Å². The number of nitrogens with zero attached hydrogens (tertiary/aromatic N) is 1. The first-order valence-corrected chi connectivity index (χ1v) is 31.1. The molecule has 0 aliphatic heterocycles. The molecule has 1 amide bonds. The zero-order valence-electron chi connectivity index (χ0n) is 47.8. The van der Waals surface area contributed by atoms with E-state index in [4.69, 9.17) is 13.8 Å². The van der Waals surface area contributed by atoms with Gasteiger partial charge in [0, 0.05) is 12.8 Å². The second-order valence-corrected chi connectivity index (χ2v) is 22.2. The highest BCUT2D eigenvalue weighted by molar-refractivity contribution is 7.47. The fourth-order valence-electron chi connectivity index (χ4n) is 7.96. The van der Waals surface area contributed by atoms with E-state index in [0.29, 0.717) is 17.4 Å². The van der Waals surface area contributed by atoms with Crippen LogP contribution in [0.25, 0.3) is 0 Å². The highest BCUT2D eigenvalue weighted by atomic mass is 31.2. The molecule has 9 nitrogen and oxygen atoms in total. The summed E-state index contributed by atoms with van der Waals surface area (Å²) in [5.41, 5.74) is 0. The molecule has 0 aromatic rings. The Labute approximate surface area is 449 Å². The predicted molar refractivity (Wildman–Crippen MR) is 314 cm³/mol. The molecule has 0 radical (unpaired) electrons. The van der Waals surface area contributed by atoms with Crippen LogP contribution in [-0.2, 0) is 27.9 Å². The lowest BCUT2D eigenvalue weighted by atomic mass is 10.1. The molecule has 3 atom stereocenters. The van der Waals surface area contributed by atoms with Gasteiger partial charge in [0.15, 0.2) is 0 Å². The van der Waals surface area contributed by atoms with E-state index in [1.54, 1.807) is 0 Å². The molecule has 0 bridgehead atoms. The number of phosphoric acid groups is 1. The molecule has 10 heteroatoms. The van der Waals surface area contributed by atoms with Crippen LogP contribution in [0.1, 0.15) is 239 Å². The van der Waals surface area contributed by atoms with Gasteiger partial charge in [0.1, 0.15) is 19.3 Å². The van der Waals surface area contributed by atoms with E-state index < -0.39 is 20.0 Å². The van der Waals surface area contributed by atoms with Crippen molar-refractivity contribution < 1.29 is 37.3 Å². The largest absolute Gasteiger partial charge is 0.472 e. The van der Waals surface area contributed by atoms with Gasteiger partial charge in [-0.2, -0.15) is 0 Å². The number of phosphoric ester groups is 1. The fourth-order valence-corrected chi connectivity index (χ4v) is 8.69. The lowest BCUT2D eigenvalue weighted by Crippen LogP contribution is -2.47. The summed E-state index contributed by atoms with van der Waals surface area (Å²) in [6.45, 7) is 6.82. The van der Waals surface area contributed by atoms with Gasteiger partial charge in [0.25, 0.3) is 0 Å². The normalized spacial score (nSPS) is 14.5. The van der Waals surface area contributed by atoms with Crippen LogP contribution >= 0.6 is 7.82 Å². The molecule has 0 aromatic carbocycles. The van der Waals surface area contributed by atoms with Crippen molar-refractivity contribution in [1.82, 2.24) is 5.32 Å². The molecule has 3 unspecified atom stereocenters. The van der Waals surface area contributed by atoms with Crippen molar-refractivity contribution in [3.8, 4) is 0 Å². The van der Waals surface area contributed by atoms with Gasteiger partial charge in [0.05, 0.1) is 33.8 Å². The Balaban J connectivity index is 5.41. The van der Waals surface area contributed by atoms with Crippen molar-refractivity contribution in [2.24, 2.45) is 0 Å². The first-order valence-electron chi connectivity index (χ1n) is 29.6. The van der Waals surface area contributed by atoms with Gasteiger partial charge in [-0.15, -0.1) is 0 Å². The minimum Gasteiger partial charge on any atom is -0.456 e. The summed E-state index contributed by atoms with van der Waals surface area (Å²) >= 11 is 0. The van der Waals surface area contributed by atoms with Crippen LogP contribution in [0.2, 0.25) is 0 Å². The van der Waals surface area contributed by atoms with Crippen molar-refractivity contribution in [3.05, 3.63) is 97.2 Å². The first-order chi connectivity index (χ1) is 35.4. The molecule has 0 rings (SSSR count). The highest BCUT2D eigenvalue weighted by Crippen LogP contribution is 2.43. The van der Waals surface area contributed by atoms with E-state index in [-0.39, 0.29) is 37.9 Å². The molecule has 73 heavy (non-hydrogen) atoms. The number of hydrogen-bond donors (Lipinski definition) is 2. The van der Waals surface area contributed by atoms with Crippen LogP contribution in [0, 0.1) is 0 Å². The summed E-state index contributed by atoms with van der Waals surface area (Å²) in [4.78, 5) is 37.6. The van der Waals surface area contributed by atoms with Crippen LogP contribution in [0.15, 0.2) is 97.2 Å². The van der Waals surface area contributed by atoms with Crippen molar-refractivity contribution in [1.29, 1.82) is 0 Å². The van der Waals surface area contributed by atoms with Crippen LogP contribution in [0.4, 0.5) is 0 Å². The summed E-state index contributed by atoms with van der Waals surface area (Å²) in [6, 6.07) is -0.894. The second-order valence-electron chi connectivity index (χ2n) is 20.8. The number of unbranched alkanes of at least 4 members (excludes halogenated alkanes) is 22. The van der Waals surface area contributed by atoms with Crippen molar-refractivity contribution in [2.75, 3.05) is 40.9 Å². The van der Waals surface area contributed by atoms with E-state index in [1.807, 2.05) is 39.4 Å². The van der Waals surface area contributed by atoms with E-state index in [2.05, 4.69) is 105 Å². The Bertz CT molecular complexity index is 1570. The average Bonchev–Trinajstić information content (AvgIpc) is 3.35. The number of allylic oxidation sites excluding steroid dienone is 15. The number of quaternary nitrogens is 1. The second kappa shape index (κ2) is 52.4. The predicted octanol–water partition coefficient (Wildman–Crippen LogP) is 18.0. The summed E-state index contributed by atoms with van der Waals surface area (Å²) in [5, 5.41) is 3.00. The highest BCUT2D eigenvalue weighted by Gasteiger charge is 2.30. The van der Waals surface area contributed by atoms with Gasteiger partial charge in [-0.25, -0.2) is 4.57 Å². The van der Waals surface area contributed by atoms with Gasteiger partial charge in [-0.1, -0.05) is 227 Å². The SMILES string of the molecule is CC/C=C\C/C=C\C/C=C\C/C=C\C/C=C\C/C=C\CCC(=O)NC(COP(=O)(O)OCC[N+](C)(C)C)C(/C=C/CCCCCCCCCCC)OC(=O)CCCCCCCCC/C=C/CCCCCCCC. The molecule has 420 valence electrons. The summed E-state index contributed by atoms with van der Waals surface area (Å²) < 4.78 is 30.6. The summed E-state index contributed by atoms with van der Waals surface area (Å²) in [6.07, 6.45) is 69.9. The molecule has 0 aliphatic carbocycles. The van der Waals surface area contributed by atoms with E-state index in [0.717, 1.165) is 89.9 Å². The van der Waals surface area contributed by atoms with E-state index in [1.165, 1.54) is 109 Å². The molecule has 0 heterocycles. The van der Waals surface area contributed by atoms with E-state index >= 15 is 0 Å². The molecular weight excluding hydrogens is 928 g/mol. The van der Waals surface area contributed by atoms with Crippen LogP contribution in [0.3, 0.4) is 0 Å². The quantitative estimate of drug-likeness (QED) is 0.0205. The molecular formula is C63H112N2O7P+. The Morgan fingerprint density at radius 1 is 0.493 bits per heavy atom.